The number of likely N-dealkylation sites (N-methyl/N-ethyl adjacent to an activating group) is 1. The molecule has 0 radical (unpaired) electrons. The number of amides is 1. The molecule has 0 aromatic heterocycles. The van der Waals surface area contributed by atoms with E-state index in [1.165, 1.54) is 12.1 Å². The van der Waals surface area contributed by atoms with Crippen molar-refractivity contribution in [2.45, 2.75) is 12.8 Å². The Bertz CT molecular complexity index is 392. The lowest BCUT2D eigenvalue weighted by atomic mass is 10.1. The monoisotopic (exact) mass is 272 g/mol. The van der Waals surface area contributed by atoms with E-state index < -0.39 is 5.82 Å². The van der Waals surface area contributed by atoms with Gasteiger partial charge in [-0.2, -0.15) is 0 Å². The second kappa shape index (κ2) is 7.34. The fraction of sp³-hybridized carbons (Fsp3) is 0.462. The first-order valence-electron chi connectivity index (χ1n) is 5.87. The fourth-order valence-corrected chi connectivity index (χ4v) is 1.83. The highest BCUT2D eigenvalue weighted by Gasteiger charge is 2.14. The van der Waals surface area contributed by atoms with Crippen LogP contribution in [0.15, 0.2) is 18.2 Å². The predicted molar refractivity (Wildman–Crippen MR) is 71.3 cm³/mol. The molecule has 3 nitrogen and oxygen atoms in total. The zero-order chi connectivity index (χ0) is 13.5. The molecular formula is C13H18ClFN2O. The maximum absolute atomic E-state index is 13.5. The van der Waals surface area contributed by atoms with Crippen LogP contribution in [0.25, 0.3) is 0 Å². The van der Waals surface area contributed by atoms with Crippen molar-refractivity contribution < 1.29 is 9.18 Å². The van der Waals surface area contributed by atoms with E-state index in [0.717, 1.165) is 13.0 Å². The molecule has 0 aliphatic carbocycles. The zero-order valence-corrected chi connectivity index (χ0v) is 11.4. The number of halogens is 2. The molecule has 0 heterocycles. The van der Waals surface area contributed by atoms with Crippen molar-refractivity contribution in [1.82, 2.24) is 10.2 Å². The van der Waals surface area contributed by atoms with E-state index in [2.05, 4.69) is 5.32 Å². The molecule has 1 N–H and O–H groups in total. The molecule has 18 heavy (non-hydrogen) atoms. The lowest BCUT2D eigenvalue weighted by Gasteiger charge is -2.17. The van der Waals surface area contributed by atoms with Crippen LogP contribution in [-0.2, 0) is 11.2 Å². The second-order valence-electron chi connectivity index (χ2n) is 4.15. The van der Waals surface area contributed by atoms with Crippen LogP contribution >= 0.6 is 11.6 Å². The van der Waals surface area contributed by atoms with Crippen molar-refractivity contribution in [3.8, 4) is 0 Å². The Kier molecular flexibility index (Phi) is 6.09. The molecule has 0 aliphatic rings. The molecule has 0 fully saturated rings. The van der Waals surface area contributed by atoms with Gasteiger partial charge in [0.15, 0.2) is 0 Å². The van der Waals surface area contributed by atoms with Crippen molar-refractivity contribution in [3.05, 3.63) is 34.6 Å². The van der Waals surface area contributed by atoms with Crippen molar-refractivity contribution in [2.75, 3.05) is 27.2 Å². The van der Waals surface area contributed by atoms with Gasteiger partial charge in [-0.1, -0.05) is 17.7 Å². The maximum Gasteiger partial charge on any atom is 0.226 e. The van der Waals surface area contributed by atoms with Gasteiger partial charge in [0.25, 0.3) is 0 Å². The van der Waals surface area contributed by atoms with Crippen LogP contribution in [0.4, 0.5) is 4.39 Å². The first-order valence-corrected chi connectivity index (χ1v) is 6.25. The van der Waals surface area contributed by atoms with Gasteiger partial charge in [-0.25, -0.2) is 4.39 Å². The fourth-order valence-electron chi connectivity index (χ4n) is 1.61. The summed E-state index contributed by atoms with van der Waals surface area (Å²) in [7, 11) is 3.58. The number of rotatable bonds is 6. The molecule has 0 unspecified atom stereocenters. The lowest BCUT2D eigenvalue weighted by Crippen LogP contribution is -2.31. The summed E-state index contributed by atoms with van der Waals surface area (Å²) in [5.41, 5.74) is 0.268. The topological polar surface area (TPSA) is 32.3 Å². The molecule has 1 aromatic rings. The van der Waals surface area contributed by atoms with Crippen molar-refractivity contribution in [3.63, 3.8) is 0 Å². The van der Waals surface area contributed by atoms with E-state index in [1.54, 1.807) is 18.0 Å². The molecule has 0 saturated carbocycles. The van der Waals surface area contributed by atoms with E-state index in [0.29, 0.717) is 11.6 Å². The highest BCUT2D eigenvalue weighted by molar-refractivity contribution is 6.31. The Morgan fingerprint density at radius 2 is 2.22 bits per heavy atom. The van der Waals surface area contributed by atoms with Crippen LogP contribution in [0.2, 0.25) is 5.02 Å². The molecule has 0 atom stereocenters. The summed E-state index contributed by atoms with van der Waals surface area (Å²) in [6, 6.07) is 4.44. The van der Waals surface area contributed by atoms with Crippen molar-refractivity contribution in [1.29, 1.82) is 0 Å². The van der Waals surface area contributed by atoms with E-state index in [4.69, 9.17) is 11.6 Å². The number of benzene rings is 1. The lowest BCUT2D eigenvalue weighted by molar-refractivity contribution is -0.129. The molecule has 1 aromatic carbocycles. The Balaban J connectivity index is 2.58. The molecule has 100 valence electrons. The van der Waals surface area contributed by atoms with Gasteiger partial charge in [0.2, 0.25) is 5.91 Å². The summed E-state index contributed by atoms with van der Waals surface area (Å²) >= 11 is 5.88. The van der Waals surface area contributed by atoms with Gasteiger partial charge < -0.3 is 10.2 Å². The minimum atomic E-state index is -0.431. The smallest absolute Gasteiger partial charge is 0.226 e. The predicted octanol–water partition coefficient (Wildman–Crippen LogP) is 2.09. The number of carbonyl (C=O) groups is 1. The van der Waals surface area contributed by atoms with Gasteiger partial charge in [0.05, 0.1) is 6.42 Å². The highest BCUT2D eigenvalue weighted by atomic mass is 35.5. The summed E-state index contributed by atoms with van der Waals surface area (Å²) in [6.45, 7) is 1.49. The number of nitrogens with one attached hydrogen (secondary N) is 1. The average Bonchev–Trinajstić information content (AvgIpc) is 2.34. The Morgan fingerprint density at radius 3 is 2.83 bits per heavy atom. The molecule has 1 rings (SSSR count). The first-order chi connectivity index (χ1) is 8.56. The second-order valence-corrected chi connectivity index (χ2v) is 4.56. The van der Waals surface area contributed by atoms with Crippen LogP contribution in [0.3, 0.4) is 0 Å². The third kappa shape index (κ3) is 4.27. The number of carbonyl (C=O) groups excluding carboxylic acids is 1. The van der Waals surface area contributed by atoms with E-state index in [-0.39, 0.29) is 17.9 Å². The van der Waals surface area contributed by atoms with Gasteiger partial charge in [0, 0.05) is 24.2 Å². The van der Waals surface area contributed by atoms with E-state index in [9.17, 15) is 9.18 Å². The summed E-state index contributed by atoms with van der Waals surface area (Å²) in [5, 5.41) is 3.31. The first kappa shape index (κ1) is 14.9. The largest absolute Gasteiger partial charge is 0.345 e. The van der Waals surface area contributed by atoms with Crippen LogP contribution in [0, 0.1) is 5.82 Å². The van der Waals surface area contributed by atoms with Crippen LogP contribution < -0.4 is 5.32 Å². The molecule has 0 spiro atoms. The minimum absolute atomic E-state index is 0.00155. The summed E-state index contributed by atoms with van der Waals surface area (Å²) in [4.78, 5) is 13.5. The third-order valence-electron chi connectivity index (χ3n) is 2.74. The summed E-state index contributed by atoms with van der Waals surface area (Å²) in [6.07, 6.45) is 0.866. The standard InChI is InChI=1S/C13H18ClFN2O/c1-16-7-4-8-17(2)13(18)9-10-11(14)5-3-6-12(10)15/h3,5-6,16H,4,7-9H2,1-2H3. The van der Waals surface area contributed by atoms with Gasteiger partial charge in [-0.3, -0.25) is 4.79 Å². The highest BCUT2D eigenvalue weighted by Crippen LogP contribution is 2.19. The molecule has 0 bridgehead atoms. The Morgan fingerprint density at radius 1 is 1.50 bits per heavy atom. The molecule has 0 saturated heterocycles. The van der Waals surface area contributed by atoms with E-state index >= 15 is 0 Å². The maximum atomic E-state index is 13.5. The van der Waals surface area contributed by atoms with Crippen molar-refractivity contribution >= 4 is 17.5 Å². The zero-order valence-electron chi connectivity index (χ0n) is 10.7. The molecule has 1 amide bonds. The van der Waals surface area contributed by atoms with Gasteiger partial charge in [0.1, 0.15) is 5.82 Å². The SMILES string of the molecule is CNCCCN(C)C(=O)Cc1c(F)cccc1Cl. The average molecular weight is 273 g/mol. The number of hydrogen-bond donors (Lipinski definition) is 1. The Hall–Kier alpha value is -1.13. The van der Waals surface area contributed by atoms with Crippen LogP contribution in [0.5, 0.6) is 0 Å². The summed E-state index contributed by atoms with van der Waals surface area (Å²) in [5.74, 6) is -0.558. The van der Waals surface area contributed by atoms with Gasteiger partial charge in [-0.15, -0.1) is 0 Å². The van der Waals surface area contributed by atoms with Crippen molar-refractivity contribution in [2.24, 2.45) is 0 Å². The number of hydrogen-bond acceptors (Lipinski definition) is 2. The van der Waals surface area contributed by atoms with E-state index in [1.807, 2.05) is 7.05 Å². The Labute approximate surface area is 112 Å². The third-order valence-corrected chi connectivity index (χ3v) is 3.09. The van der Waals surface area contributed by atoms with Crippen LogP contribution in [-0.4, -0.2) is 38.0 Å². The van der Waals surface area contributed by atoms with Gasteiger partial charge in [-0.05, 0) is 32.1 Å². The number of nitrogens with zero attached hydrogens (tertiary/aromatic N) is 1. The summed E-state index contributed by atoms with van der Waals surface area (Å²) < 4.78 is 13.5. The normalized spacial score (nSPS) is 10.4. The van der Waals surface area contributed by atoms with Gasteiger partial charge >= 0.3 is 0 Å². The quantitative estimate of drug-likeness (QED) is 0.805. The minimum Gasteiger partial charge on any atom is -0.345 e. The molecule has 5 heteroatoms. The van der Waals surface area contributed by atoms with Crippen LogP contribution in [0.1, 0.15) is 12.0 Å². The molecular weight excluding hydrogens is 255 g/mol. The molecule has 0 aliphatic heterocycles.